The molecule has 5 nitrogen and oxygen atoms in total. The monoisotopic (exact) mass is 342 g/mol. The van der Waals surface area contributed by atoms with Gasteiger partial charge >= 0.3 is 0 Å². The van der Waals surface area contributed by atoms with Gasteiger partial charge in [-0.2, -0.15) is 0 Å². The fraction of sp³-hybridized carbons (Fsp3) is 0.647. The minimum absolute atomic E-state index is 0. The molecule has 1 aromatic carbocycles. The summed E-state index contributed by atoms with van der Waals surface area (Å²) in [6.07, 6.45) is 6.30. The molecule has 1 atom stereocenters. The van der Waals surface area contributed by atoms with E-state index in [0.29, 0.717) is 18.3 Å². The molecule has 0 saturated carbocycles. The van der Waals surface area contributed by atoms with E-state index >= 15 is 0 Å². The van der Waals surface area contributed by atoms with Gasteiger partial charge in [0.15, 0.2) is 0 Å². The lowest BCUT2D eigenvalue weighted by molar-refractivity contribution is -0.384. The van der Waals surface area contributed by atoms with Crippen molar-refractivity contribution in [2.75, 3.05) is 26.2 Å². The van der Waals surface area contributed by atoms with Gasteiger partial charge in [0.1, 0.15) is 5.75 Å². The smallest absolute Gasteiger partial charge is 0.269 e. The SMILES string of the molecule is CCCCCN1CCCC(COc2ccc([N+](=O)[O-])cc2)C1.Cl. The van der Waals surface area contributed by atoms with E-state index < -0.39 is 0 Å². The maximum Gasteiger partial charge on any atom is 0.269 e. The highest BCUT2D eigenvalue weighted by Gasteiger charge is 2.20. The first-order valence-corrected chi connectivity index (χ1v) is 8.28. The van der Waals surface area contributed by atoms with Crippen molar-refractivity contribution in [3.63, 3.8) is 0 Å². The van der Waals surface area contributed by atoms with Crippen molar-refractivity contribution in [2.45, 2.75) is 39.0 Å². The lowest BCUT2D eigenvalue weighted by Gasteiger charge is -2.32. The lowest BCUT2D eigenvalue weighted by atomic mass is 9.98. The normalized spacial score (nSPS) is 18.2. The Morgan fingerprint density at radius 2 is 2.04 bits per heavy atom. The van der Waals surface area contributed by atoms with Crippen LogP contribution in [0.2, 0.25) is 0 Å². The standard InChI is InChI=1S/C17H26N2O3.ClH/c1-2-3-4-11-18-12-5-6-15(13-18)14-22-17-9-7-16(8-10-17)19(20)21;/h7-10,15H,2-6,11-14H2,1H3;1H. The van der Waals surface area contributed by atoms with E-state index in [0.717, 1.165) is 6.54 Å². The van der Waals surface area contributed by atoms with Crippen molar-refractivity contribution < 1.29 is 9.66 Å². The van der Waals surface area contributed by atoms with E-state index in [4.69, 9.17) is 4.74 Å². The number of ether oxygens (including phenoxy) is 1. The molecule has 0 aliphatic carbocycles. The number of benzene rings is 1. The molecule has 1 heterocycles. The van der Waals surface area contributed by atoms with Gasteiger partial charge in [-0.3, -0.25) is 10.1 Å². The second-order valence-corrected chi connectivity index (χ2v) is 6.08. The Bertz CT molecular complexity index is 467. The van der Waals surface area contributed by atoms with E-state index in [-0.39, 0.29) is 23.0 Å². The van der Waals surface area contributed by atoms with Crippen LogP contribution < -0.4 is 4.74 Å². The molecule has 1 aliphatic heterocycles. The zero-order valence-electron chi connectivity index (χ0n) is 13.8. The first-order chi connectivity index (χ1) is 10.7. The van der Waals surface area contributed by atoms with Crippen LogP contribution in [0.1, 0.15) is 39.0 Å². The Kier molecular flexibility index (Phi) is 8.95. The molecular formula is C17H27ClN2O3. The summed E-state index contributed by atoms with van der Waals surface area (Å²) in [5.41, 5.74) is 0.104. The molecule has 0 spiro atoms. The van der Waals surface area contributed by atoms with Crippen LogP contribution in [0.3, 0.4) is 0 Å². The van der Waals surface area contributed by atoms with Gasteiger partial charge in [0.2, 0.25) is 0 Å². The highest BCUT2D eigenvalue weighted by molar-refractivity contribution is 5.85. The van der Waals surface area contributed by atoms with Crippen LogP contribution in [-0.2, 0) is 0 Å². The summed E-state index contributed by atoms with van der Waals surface area (Å²) >= 11 is 0. The molecule has 1 aliphatic rings. The number of hydrogen-bond donors (Lipinski definition) is 0. The van der Waals surface area contributed by atoms with Crippen LogP contribution in [0, 0.1) is 16.0 Å². The number of nitrogens with zero attached hydrogens (tertiary/aromatic N) is 2. The summed E-state index contributed by atoms with van der Waals surface area (Å²) in [5.74, 6) is 1.28. The van der Waals surface area contributed by atoms with Crippen LogP contribution in [0.5, 0.6) is 5.75 Å². The fourth-order valence-electron chi connectivity index (χ4n) is 2.95. The number of nitro groups is 1. The Balaban J connectivity index is 0.00000264. The highest BCUT2D eigenvalue weighted by Crippen LogP contribution is 2.21. The van der Waals surface area contributed by atoms with Crippen molar-refractivity contribution in [2.24, 2.45) is 5.92 Å². The van der Waals surface area contributed by atoms with Gasteiger partial charge in [-0.25, -0.2) is 0 Å². The maximum absolute atomic E-state index is 10.6. The number of nitro benzene ring substituents is 1. The van der Waals surface area contributed by atoms with Crippen LogP contribution in [0.4, 0.5) is 5.69 Å². The quantitative estimate of drug-likeness (QED) is 0.401. The molecule has 2 rings (SSSR count). The molecule has 23 heavy (non-hydrogen) atoms. The topological polar surface area (TPSA) is 55.6 Å². The fourth-order valence-corrected chi connectivity index (χ4v) is 2.95. The van der Waals surface area contributed by atoms with Gasteiger partial charge in [0, 0.05) is 24.6 Å². The molecule has 130 valence electrons. The predicted octanol–water partition coefficient (Wildman–Crippen LogP) is 4.30. The van der Waals surface area contributed by atoms with Crippen molar-refractivity contribution in [1.82, 2.24) is 4.90 Å². The minimum atomic E-state index is -0.390. The number of halogens is 1. The van der Waals surface area contributed by atoms with Gasteiger partial charge in [0.05, 0.1) is 11.5 Å². The highest BCUT2D eigenvalue weighted by atomic mass is 35.5. The second kappa shape index (κ2) is 10.4. The van der Waals surface area contributed by atoms with Crippen LogP contribution in [0.25, 0.3) is 0 Å². The Morgan fingerprint density at radius 3 is 2.70 bits per heavy atom. The summed E-state index contributed by atoms with van der Waals surface area (Å²) in [4.78, 5) is 12.8. The van der Waals surface area contributed by atoms with Gasteiger partial charge in [-0.05, 0) is 44.5 Å². The third kappa shape index (κ3) is 6.75. The van der Waals surface area contributed by atoms with Crippen molar-refractivity contribution in [3.05, 3.63) is 34.4 Å². The molecule has 0 N–H and O–H groups in total. The Morgan fingerprint density at radius 1 is 1.30 bits per heavy atom. The molecule has 1 fully saturated rings. The summed E-state index contributed by atoms with van der Waals surface area (Å²) in [6, 6.07) is 6.35. The minimum Gasteiger partial charge on any atom is -0.493 e. The van der Waals surface area contributed by atoms with E-state index in [2.05, 4.69) is 11.8 Å². The van der Waals surface area contributed by atoms with Crippen LogP contribution in [0.15, 0.2) is 24.3 Å². The van der Waals surface area contributed by atoms with Crippen molar-refractivity contribution in [3.8, 4) is 5.75 Å². The third-order valence-corrected chi connectivity index (χ3v) is 4.21. The average Bonchev–Trinajstić information content (AvgIpc) is 2.54. The van der Waals surface area contributed by atoms with Gasteiger partial charge in [0.25, 0.3) is 5.69 Å². The summed E-state index contributed by atoms with van der Waals surface area (Å²) in [5, 5.41) is 10.6. The predicted molar refractivity (Wildman–Crippen MR) is 94.5 cm³/mol. The molecule has 0 radical (unpaired) electrons. The molecule has 0 amide bonds. The largest absolute Gasteiger partial charge is 0.493 e. The van der Waals surface area contributed by atoms with Crippen molar-refractivity contribution in [1.29, 1.82) is 0 Å². The van der Waals surface area contributed by atoms with Gasteiger partial charge in [-0.15, -0.1) is 12.4 Å². The first kappa shape index (κ1) is 19.7. The number of piperidine rings is 1. The number of rotatable bonds is 8. The maximum atomic E-state index is 10.6. The van der Waals surface area contributed by atoms with Crippen molar-refractivity contribution >= 4 is 18.1 Å². The summed E-state index contributed by atoms with van der Waals surface area (Å²) in [7, 11) is 0. The zero-order valence-corrected chi connectivity index (χ0v) is 14.6. The first-order valence-electron chi connectivity index (χ1n) is 8.28. The molecule has 1 saturated heterocycles. The van der Waals surface area contributed by atoms with E-state index in [1.807, 2.05) is 0 Å². The number of hydrogen-bond acceptors (Lipinski definition) is 4. The van der Waals surface area contributed by atoms with Crippen LogP contribution >= 0.6 is 12.4 Å². The van der Waals surface area contributed by atoms with E-state index in [1.54, 1.807) is 12.1 Å². The molecule has 0 bridgehead atoms. The number of likely N-dealkylation sites (tertiary alicyclic amines) is 1. The molecule has 6 heteroatoms. The number of unbranched alkanes of at least 4 members (excludes halogenated alkanes) is 2. The van der Waals surface area contributed by atoms with Gasteiger partial charge < -0.3 is 9.64 Å². The third-order valence-electron chi connectivity index (χ3n) is 4.21. The molecule has 1 aromatic rings. The number of non-ortho nitro benzene ring substituents is 1. The van der Waals surface area contributed by atoms with Gasteiger partial charge in [-0.1, -0.05) is 19.8 Å². The second-order valence-electron chi connectivity index (χ2n) is 6.08. The molecule has 0 aromatic heterocycles. The molecule has 1 unspecified atom stereocenters. The summed E-state index contributed by atoms with van der Waals surface area (Å²) in [6.45, 7) is 6.44. The van der Waals surface area contributed by atoms with Crippen LogP contribution in [-0.4, -0.2) is 36.1 Å². The Hall–Kier alpha value is -1.33. The zero-order chi connectivity index (χ0) is 15.8. The molecular weight excluding hydrogens is 316 g/mol. The summed E-state index contributed by atoms with van der Waals surface area (Å²) < 4.78 is 5.80. The Labute approximate surface area is 144 Å². The lowest BCUT2D eigenvalue weighted by Crippen LogP contribution is -2.38. The average molecular weight is 343 g/mol. The van der Waals surface area contributed by atoms with E-state index in [1.165, 1.54) is 57.3 Å². The van der Waals surface area contributed by atoms with E-state index in [9.17, 15) is 10.1 Å².